The molecule has 0 aromatic carbocycles. The van der Waals surface area contributed by atoms with Crippen molar-refractivity contribution in [2.75, 3.05) is 11.9 Å². The average Bonchev–Trinajstić information content (AvgIpc) is 1.98. The second-order valence-corrected chi connectivity index (χ2v) is 2.55. The van der Waals surface area contributed by atoms with Gasteiger partial charge in [-0.2, -0.15) is 0 Å². The highest BCUT2D eigenvalue weighted by Crippen LogP contribution is 2.16. The summed E-state index contributed by atoms with van der Waals surface area (Å²) in [6.45, 7) is 4.64. The van der Waals surface area contributed by atoms with Gasteiger partial charge in [0.2, 0.25) is 0 Å². The molecule has 1 N–H and O–H groups in total. The number of anilines is 1. The van der Waals surface area contributed by atoms with Crippen LogP contribution in [0.15, 0.2) is 6.20 Å². The Labute approximate surface area is 70.8 Å². The van der Waals surface area contributed by atoms with Gasteiger partial charge in [0.15, 0.2) is 0 Å². The second-order valence-electron chi connectivity index (χ2n) is 2.14. The van der Waals surface area contributed by atoms with E-state index in [1.165, 1.54) is 0 Å². The molecule has 0 aliphatic heterocycles. The van der Waals surface area contributed by atoms with E-state index in [1.807, 2.05) is 13.8 Å². The molecule has 0 unspecified atom stereocenters. The number of nitrogens with one attached hydrogen (secondary N) is 1. The van der Waals surface area contributed by atoms with Crippen LogP contribution in [-0.4, -0.2) is 16.5 Å². The Kier molecular flexibility index (Phi) is 2.65. The van der Waals surface area contributed by atoms with Crippen molar-refractivity contribution < 1.29 is 0 Å². The van der Waals surface area contributed by atoms with E-state index in [2.05, 4.69) is 15.3 Å². The monoisotopic (exact) mass is 171 g/mol. The fourth-order valence-corrected chi connectivity index (χ4v) is 0.905. The number of aryl methyl sites for hydroxylation is 1. The molecule has 1 aromatic rings. The lowest BCUT2D eigenvalue weighted by Gasteiger charge is -2.03. The van der Waals surface area contributed by atoms with Crippen LogP contribution in [0.1, 0.15) is 12.7 Å². The van der Waals surface area contributed by atoms with Gasteiger partial charge in [0.1, 0.15) is 16.7 Å². The summed E-state index contributed by atoms with van der Waals surface area (Å²) >= 11 is 5.79. The maximum absolute atomic E-state index is 5.79. The van der Waals surface area contributed by atoms with E-state index in [4.69, 9.17) is 11.6 Å². The predicted molar refractivity (Wildman–Crippen MR) is 45.9 cm³/mol. The Balaban J connectivity index is 2.93. The summed E-state index contributed by atoms with van der Waals surface area (Å²) in [5.41, 5.74) is 0. The summed E-state index contributed by atoms with van der Waals surface area (Å²) in [5.74, 6) is 1.44. The fraction of sp³-hybridized carbons (Fsp3) is 0.429. The number of hydrogen-bond acceptors (Lipinski definition) is 3. The zero-order valence-electron chi connectivity index (χ0n) is 6.56. The first-order valence-electron chi connectivity index (χ1n) is 3.47. The maximum atomic E-state index is 5.79. The van der Waals surface area contributed by atoms with Gasteiger partial charge in [-0.1, -0.05) is 11.6 Å². The van der Waals surface area contributed by atoms with E-state index in [0.717, 1.165) is 12.4 Å². The molecule has 0 saturated carbocycles. The minimum atomic E-state index is 0.567. The quantitative estimate of drug-likeness (QED) is 0.739. The van der Waals surface area contributed by atoms with Gasteiger partial charge in [-0.25, -0.2) is 9.97 Å². The fourth-order valence-electron chi connectivity index (χ4n) is 0.747. The Morgan fingerprint density at radius 1 is 1.64 bits per heavy atom. The van der Waals surface area contributed by atoms with Crippen LogP contribution in [-0.2, 0) is 0 Å². The number of halogens is 1. The molecule has 0 bridgehead atoms. The zero-order valence-corrected chi connectivity index (χ0v) is 7.31. The van der Waals surface area contributed by atoms with Gasteiger partial charge in [-0.05, 0) is 13.8 Å². The van der Waals surface area contributed by atoms with Crippen LogP contribution in [0.5, 0.6) is 0 Å². The highest BCUT2D eigenvalue weighted by atomic mass is 35.5. The molecule has 60 valence electrons. The van der Waals surface area contributed by atoms with Crippen molar-refractivity contribution in [1.82, 2.24) is 9.97 Å². The lowest BCUT2D eigenvalue weighted by molar-refractivity contribution is 1.03. The minimum absolute atomic E-state index is 0.567. The van der Waals surface area contributed by atoms with Gasteiger partial charge >= 0.3 is 0 Å². The predicted octanol–water partition coefficient (Wildman–Crippen LogP) is 1.87. The molecule has 1 rings (SSSR count). The van der Waals surface area contributed by atoms with Crippen molar-refractivity contribution in [2.45, 2.75) is 13.8 Å². The Morgan fingerprint density at radius 2 is 2.36 bits per heavy atom. The molecule has 0 amide bonds. The molecule has 1 heterocycles. The van der Waals surface area contributed by atoms with E-state index in [9.17, 15) is 0 Å². The summed E-state index contributed by atoms with van der Waals surface area (Å²) in [6.07, 6.45) is 1.60. The SMILES string of the molecule is CCNc1nc(C)ncc1Cl. The number of aromatic nitrogens is 2. The lowest BCUT2D eigenvalue weighted by atomic mass is 10.5. The summed E-state index contributed by atoms with van der Waals surface area (Å²) in [4.78, 5) is 8.05. The molecule has 0 spiro atoms. The highest BCUT2D eigenvalue weighted by Gasteiger charge is 1.99. The van der Waals surface area contributed by atoms with E-state index < -0.39 is 0 Å². The summed E-state index contributed by atoms with van der Waals surface area (Å²) in [7, 11) is 0. The lowest BCUT2D eigenvalue weighted by Crippen LogP contribution is -2.01. The van der Waals surface area contributed by atoms with Gasteiger partial charge in [-0.3, -0.25) is 0 Å². The molecule has 1 aromatic heterocycles. The molecule has 0 atom stereocenters. The van der Waals surface area contributed by atoms with Crippen LogP contribution in [0.3, 0.4) is 0 Å². The highest BCUT2D eigenvalue weighted by molar-refractivity contribution is 6.32. The van der Waals surface area contributed by atoms with Gasteiger partial charge in [0.05, 0.1) is 6.20 Å². The van der Waals surface area contributed by atoms with Crippen molar-refractivity contribution in [2.24, 2.45) is 0 Å². The first kappa shape index (κ1) is 8.27. The van der Waals surface area contributed by atoms with Crippen molar-refractivity contribution in [1.29, 1.82) is 0 Å². The topological polar surface area (TPSA) is 37.8 Å². The van der Waals surface area contributed by atoms with Crippen LogP contribution in [0.2, 0.25) is 5.02 Å². The van der Waals surface area contributed by atoms with Crippen molar-refractivity contribution in [3.63, 3.8) is 0 Å². The van der Waals surface area contributed by atoms with Gasteiger partial charge in [0, 0.05) is 6.54 Å². The Hall–Kier alpha value is -0.830. The maximum Gasteiger partial charge on any atom is 0.148 e. The van der Waals surface area contributed by atoms with E-state index in [1.54, 1.807) is 6.20 Å². The van der Waals surface area contributed by atoms with Crippen molar-refractivity contribution in [3.05, 3.63) is 17.0 Å². The number of nitrogens with zero attached hydrogens (tertiary/aromatic N) is 2. The molecule has 4 heteroatoms. The summed E-state index contributed by atoms with van der Waals surface area (Å²) in [6, 6.07) is 0. The van der Waals surface area contributed by atoms with Crippen LogP contribution >= 0.6 is 11.6 Å². The normalized spacial score (nSPS) is 9.73. The Bertz CT molecular complexity index is 249. The summed E-state index contributed by atoms with van der Waals surface area (Å²) < 4.78 is 0. The van der Waals surface area contributed by atoms with Crippen LogP contribution < -0.4 is 5.32 Å². The van der Waals surface area contributed by atoms with E-state index >= 15 is 0 Å². The van der Waals surface area contributed by atoms with Crippen molar-refractivity contribution >= 4 is 17.4 Å². The molecular weight excluding hydrogens is 162 g/mol. The van der Waals surface area contributed by atoms with E-state index in [0.29, 0.717) is 10.8 Å². The third-order valence-electron chi connectivity index (χ3n) is 1.21. The Morgan fingerprint density at radius 3 is 3.00 bits per heavy atom. The molecular formula is C7H10ClN3. The zero-order chi connectivity index (χ0) is 8.27. The molecule has 0 aliphatic carbocycles. The first-order valence-corrected chi connectivity index (χ1v) is 3.85. The third-order valence-corrected chi connectivity index (χ3v) is 1.49. The van der Waals surface area contributed by atoms with Gasteiger partial charge < -0.3 is 5.32 Å². The van der Waals surface area contributed by atoms with Crippen LogP contribution in [0.4, 0.5) is 5.82 Å². The largest absolute Gasteiger partial charge is 0.369 e. The third kappa shape index (κ3) is 2.05. The molecule has 0 saturated heterocycles. The molecule has 0 aliphatic rings. The molecule has 0 fully saturated rings. The minimum Gasteiger partial charge on any atom is -0.369 e. The average molecular weight is 172 g/mol. The number of rotatable bonds is 2. The molecule has 0 radical (unpaired) electrons. The smallest absolute Gasteiger partial charge is 0.148 e. The standard InChI is InChI=1S/C7H10ClN3/c1-3-9-7-6(8)4-10-5(2)11-7/h4H,3H2,1-2H3,(H,9,10,11). The van der Waals surface area contributed by atoms with Gasteiger partial charge in [-0.15, -0.1) is 0 Å². The second kappa shape index (κ2) is 3.53. The molecule has 3 nitrogen and oxygen atoms in total. The number of hydrogen-bond donors (Lipinski definition) is 1. The first-order chi connectivity index (χ1) is 5.24. The van der Waals surface area contributed by atoms with Crippen LogP contribution in [0.25, 0.3) is 0 Å². The van der Waals surface area contributed by atoms with E-state index in [-0.39, 0.29) is 0 Å². The molecule has 11 heavy (non-hydrogen) atoms. The van der Waals surface area contributed by atoms with Crippen molar-refractivity contribution in [3.8, 4) is 0 Å². The van der Waals surface area contributed by atoms with Crippen LogP contribution in [0, 0.1) is 6.92 Å². The summed E-state index contributed by atoms with van der Waals surface area (Å²) in [5, 5.41) is 3.60. The van der Waals surface area contributed by atoms with Gasteiger partial charge in [0.25, 0.3) is 0 Å².